The molecule has 2 N–H and O–H groups in total. The molecule has 0 radical (unpaired) electrons. The van der Waals surface area contributed by atoms with Crippen LogP contribution in [0.2, 0.25) is 0 Å². The van der Waals surface area contributed by atoms with E-state index in [1.54, 1.807) is 26.8 Å². The average molecular weight is 354 g/mol. The predicted octanol–water partition coefficient (Wildman–Crippen LogP) is 1.09. The molecule has 1 heterocycles. The van der Waals surface area contributed by atoms with Crippen LogP contribution in [0.25, 0.3) is 0 Å². The molecule has 0 aliphatic carbocycles. The van der Waals surface area contributed by atoms with Crippen molar-refractivity contribution >= 4 is 21.9 Å². The molecule has 1 aliphatic rings. The summed E-state index contributed by atoms with van der Waals surface area (Å²) in [5.74, 6) is -1.99. The quantitative estimate of drug-likeness (QED) is 0.824. The summed E-state index contributed by atoms with van der Waals surface area (Å²) in [6.07, 6.45) is 0. The number of carboxylic acids is 1. The molecule has 0 saturated carbocycles. The highest BCUT2D eigenvalue weighted by Crippen LogP contribution is 2.26. The number of nitrogens with one attached hydrogen (secondary N) is 1. The van der Waals surface area contributed by atoms with Crippen molar-refractivity contribution in [3.05, 3.63) is 29.3 Å². The summed E-state index contributed by atoms with van der Waals surface area (Å²) in [5.41, 5.74) is 0.939. The zero-order chi connectivity index (χ0) is 18.1. The fourth-order valence-corrected chi connectivity index (χ4v) is 3.96. The molecule has 132 valence electrons. The second-order valence-corrected chi connectivity index (χ2v) is 7.88. The van der Waals surface area contributed by atoms with Gasteiger partial charge in [0.05, 0.1) is 10.8 Å². The number of carboxylic acid groups (broad SMARTS) is 1. The van der Waals surface area contributed by atoms with Crippen molar-refractivity contribution in [2.24, 2.45) is 11.8 Å². The van der Waals surface area contributed by atoms with Crippen molar-refractivity contribution < 1.29 is 23.1 Å². The van der Waals surface area contributed by atoms with E-state index < -0.39 is 21.9 Å². The Morgan fingerprint density at radius 3 is 2.54 bits per heavy atom. The Bertz CT molecular complexity index is 760. The third-order valence-corrected chi connectivity index (χ3v) is 5.84. The molecule has 0 aromatic heterocycles. The topological polar surface area (TPSA) is 104 Å². The molecule has 1 amide bonds. The summed E-state index contributed by atoms with van der Waals surface area (Å²) in [7, 11) is -3.66. The summed E-state index contributed by atoms with van der Waals surface area (Å²) < 4.78 is 26.6. The molecular formula is C16H22N2O5S. The number of nitrogens with zero attached hydrogens (tertiary/aromatic N) is 1. The van der Waals surface area contributed by atoms with Crippen LogP contribution in [-0.4, -0.2) is 49.9 Å². The van der Waals surface area contributed by atoms with Gasteiger partial charge in [-0.3, -0.25) is 9.59 Å². The maximum atomic E-state index is 12.7. The van der Waals surface area contributed by atoms with Crippen LogP contribution in [0.5, 0.6) is 0 Å². The van der Waals surface area contributed by atoms with Gasteiger partial charge in [-0.25, -0.2) is 13.1 Å². The number of likely N-dealkylation sites (tertiary alicyclic amines) is 1. The minimum absolute atomic E-state index is 0.0281. The van der Waals surface area contributed by atoms with Crippen LogP contribution in [0, 0.1) is 18.8 Å². The number of rotatable bonds is 5. The third kappa shape index (κ3) is 3.59. The molecule has 1 saturated heterocycles. The lowest BCUT2D eigenvalue weighted by Gasteiger charge is -2.18. The summed E-state index contributed by atoms with van der Waals surface area (Å²) in [6.45, 7) is 5.94. The number of hydrogen-bond donors (Lipinski definition) is 2. The molecule has 0 spiro atoms. The van der Waals surface area contributed by atoms with Crippen LogP contribution < -0.4 is 4.72 Å². The third-order valence-electron chi connectivity index (χ3n) is 4.30. The van der Waals surface area contributed by atoms with Gasteiger partial charge in [0.1, 0.15) is 0 Å². The van der Waals surface area contributed by atoms with E-state index in [9.17, 15) is 23.1 Å². The number of aryl methyl sites for hydroxylation is 1. The first kappa shape index (κ1) is 18.4. The lowest BCUT2D eigenvalue weighted by Crippen LogP contribution is -2.31. The van der Waals surface area contributed by atoms with Crippen LogP contribution in [0.15, 0.2) is 23.1 Å². The van der Waals surface area contributed by atoms with Crippen molar-refractivity contribution in [3.8, 4) is 0 Å². The fourth-order valence-electron chi connectivity index (χ4n) is 2.90. The smallest absolute Gasteiger partial charge is 0.308 e. The number of carbonyl (C=O) groups excluding carboxylic acids is 1. The second-order valence-electron chi connectivity index (χ2n) is 6.11. The normalized spacial score (nSPS) is 21.0. The van der Waals surface area contributed by atoms with Gasteiger partial charge < -0.3 is 10.0 Å². The Morgan fingerprint density at radius 2 is 2.00 bits per heavy atom. The van der Waals surface area contributed by atoms with E-state index in [0.29, 0.717) is 12.1 Å². The standard InChI is InChI=1S/C16H22N2O5S/c1-4-17-24(22,23)12-6-5-10(2)13(7-12)15(19)18-8-11(3)14(9-18)16(20)21/h5-7,11,14,17H,4,8-9H2,1-3H3,(H,20,21)/t11-,14-/m1/s1. The minimum Gasteiger partial charge on any atom is -0.481 e. The Morgan fingerprint density at radius 1 is 1.33 bits per heavy atom. The van der Waals surface area contributed by atoms with E-state index in [4.69, 9.17) is 0 Å². The van der Waals surface area contributed by atoms with Gasteiger partial charge in [0, 0.05) is 25.2 Å². The first-order chi connectivity index (χ1) is 11.2. The van der Waals surface area contributed by atoms with Gasteiger partial charge in [0.15, 0.2) is 0 Å². The fraction of sp³-hybridized carbons (Fsp3) is 0.500. The van der Waals surface area contributed by atoms with Crippen molar-refractivity contribution in [2.45, 2.75) is 25.7 Å². The summed E-state index contributed by atoms with van der Waals surface area (Å²) in [4.78, 5) is 25.5. The van der Waals surface area contributed by atoms with Gasteiger partial charge in [-0.1, -0.05) is 19.9 Å². The van der Waals surface area contributed by atoms with Crippen LogP contribution in [0.1, 0.15) is 29.8 Å². The first-order valence-electron chi connectivity index (χ1n) is 7.79. The molecule has 1 fully saturated rings. The molecular weight excluding hydrogens is 332 g/mol. The maximum absolute atomic E-state index is 12.7. The monoisotopic (exact) mass is 354 g/mol. The molecule has 2 atom stereocenters. The Balaban J connectivity index is 2.32. The Labute approximate surface area is 141 Å². The largest absolute Gasteiger partial charge is 0.481 e. The highest BCUT2D eigenvalue weighted by molar-refractivity contribution is 7.89. The SMILES string of the molecule is CCNS(=O)(=O)c1ccc(C)c(C(=O)N2C[C@@H](C)[C@H](C(=O)O)C2)c1. The van der Waals surface area contributed by atoms with E-state index in [1.807, 2.05) is 0 Å². The number of sulfonamides is 1. The van der Waals surface area contributed by atoms with E-state index in [-0.39, 0.29) is 35.4 Å². The number of carbonyl (C=O) groups is 2. The van der Waals surface area contributed by atoms with Crippen molar-refractivity contribution in [3.63, 3.8) is 0 Å². The zero-order valence-corrected chi connectivity index (χ0v) is 14.8. The van der Waals surface area contributed by atoms with Gasteiger partial charge in [0.25, 0.3) is 5.91 Å². The Kier molecular flexibility index (Phi) is 5.29. The molecule has 7 nitrogen and oxygen atoms in total. The minimum atomic E-state index is -3.66. The molecule has 0 bridgehead atoms. The van der Waals surface area contributed by atoms with Crippen LogP contribution >= 0.6 is 0 Å². The molecule has 1 aromatic rings. The van der Waals surface area contributed by atoms with Gasteiger partial charge in [-0.15, -0.1) is 0 Å². The number of amides is 1. The highest BCUT2D eigenvalue weighted by atomic mass is 32.2. The predicted molar refractivity (Wildman–Crippen MR) is 88.2 cm³/mol. The lowest BCUT2D eigenvalue weighted by molar-refractivity contribution is -0.142. The van der Waals surface area contributed by atoms with Crippen molar-refractivity contribution in [1.82, 2.24) is 9.62 Å². The molecule has 24 heavy (non-hydrogen) atoms. The van der Waals surface area contributed by atoms with E-state index in [0.717, 1.165) is 0 Å². The summed E-state index contributed by atoms with van der Waals surface area (Å²) >= 11 is 0. The van der Waals surface area contributed by atoms with Gasteiger partial charge >= 0.3 is 5.97 Å². The number of benzene rings is 1. The average Bonchev–Trinajstić information content (AvgIpc) is 2.89. The lowest BCUT2D eigenvalue weighted by atomic mass is 9.99. The van der Waals surface area contributed by atoms with Crippen molar-refractivity contribution in [2.75, 3.05) is 19.6 Å². The summed E-state index contributed by atoms with van der Waals surface area (Å²) in [6, 6.07) is 4.40. The van der Waals surface area contributed by atoms with E-state index in [2.05, 4.69) is 4.72 Å². The van der Waals surface area contributed by atoms with E-state index in [1.165, 1.54) is 17.0 Å². The van der Waals surface area contributed by atoms with Gasteiger partial charge in [-0.05, 0) is 30.5 Å². The molecule has 1 aromatic carbocycles. The van der Waals surface area contributed by atoms with E-state index >= 15 is 0 Å². The second kappa shape index (κ2) is 6.90. The van der Waals surface area contributed by atoms with Gasteiger partial charge in [-0.2, -0.15) is 0 Å². The van der Waals surface area contributed by atoms with Crippen LogP contribution in [-0.2, 0) is 14.8 Å². The first-order valence-corrected chi connectivity index (χ1v) is 9.28. The Hall–Kier alpha value is -1.93. The molecule has 1 aliphatic heterocycles. The number of hydrogen-bond acceptors (Lipinski definition) is 4. The maximum Gasteiger partial charge on any atom is 0.308 e. The van der Waals surface area contributed by atoms with Gasteiger partial charge in [0.2, 0.25) is 10.0 Å². The zero-order valence-electron chi connectivity index (χ0n) is 13.9. The highest BCUT2D eigenvalue weighted by Gasteiger charge is 2.37. The summed E-state index contributed by atoms with van der Waals surface area (Å²) in [5, 5.41) is 9.19. The number of aliphatic carboxylic acids is 1. The molecule has 2 rings (SSSR count). The van der Waals surface area contributed by atoms with Crippen LogP contribution in [0.4, 0.5) is 0 Å². The molecule has 8 heteroatoms. The van der Waals surface area contributed by atoms with Crippen LogP contribution in [0.3, 0.4) is 0 Å². The van der Waals surface area contributed by atoms with Crippen molar-refractivity contribution in [1.29, 1.82) is 0 Å². The molecule has 0 unspecified atom stereocenters.